The van der Waals surface area contributed by atoms with Crippen LogP contribution in [-0.2, 0) is 20.7 Å². The molecule has 6 heteroatoms. The van der Waals surface area contributed by atoms with Crippen molar-refractivity contribution in [2.24, 2.45) is 0 Å². The summed E-state index contributed by atoms with van der Waals surface area (Å²) >= 11 is 12.5. The zero-order valence-electron chi connectivity index (χ0n) is 13.1. The van der Waals surface area contributed by atoms with Gasteiger partial charge in [-0.15, -0.1) is 0 Å². The summed E-state index contributed by atoms with van der Waals surface area (Å²) < 4.78 is 4.91. The first kappa shape index (κ1) is 18.3. The van der Waals surface area contributed by atoms with E-state index < -0.39 is 5.97 Å². The third kappa shape index (κ3) is 5.25. The summed E-state index contributed by atoms with van der Waals surface area (Å²) in [6, 6.07) is 7.28. The van der Waals surface area contributed by atoms with Gasteiger partial charge < -0.3 is 10.1 Å². The molecule has 0 saturated carbocycles. The molecule has 1 aliphatic rings. The largest absolute Gasteiger partial charge is 0.457 e. The molecule has 1 aliphatic carbocycles. The van der Waals surface area contributed by atoms with Gasteiger partial charge in [0.2, 0.25) is 0 Å². The Hall–Kier alpha value is -2.04. The van der Waals surface area contributed by atoms with Gasteiger partial charge >= 0.3 is 5.97 Å². The van der Waals surface area contributed by atoms with Crippen LogP contribution in [0.3, 0.4) is 0 Å². The molecule has 0 radical (unpaired) electrons. The summed E-state index contributed by atoms with van der Waals surface area (Å²) in [4.78, 5) is 22.8. The van der Waals surface area contributed by atoms with Crippen LogP contribution in [-0.4, -0.2) is 18.4 Å². The lowest BCUT2D eigenvalue weighted by Gasteiger charge is -2.15. The van der Waals surface area contributed by atoms with E-state index in [9.17, 15) is 9.59 Å². The monoisotopic (exact) mass is 365 g/mol. The van der Waals surface area contributed by atoms with Crippen molar-refractivity contribution in [1.29, 1.82) is 0 Å². The number of Topliss-reactive ketones (excluding diaryl/α,β-unsaturated/α-hetero) is 1. The van der Waals surface area contributed by atoms with Crippen LogP contribution in [0.4, 0.5) is 5.69 Å². The first-order valence-corrected chi connectivity index (χ1v) is 8.15. The van der Waals surface area contributed by atoms with E-state index in [1.54, 1.807) is 12.1 Å². The van der Waals surface area contributed by atoms with Crippen molar-refractivity contribution in [3.8, 4) is 0 Å². The number of ether oxygens (including phenoxy) is 1. The van der Waals surface area contributed by atoms with E-state index in [4.69, 9.17) is 27.9 Å². The molecule has 4 nitrogen and oxygen atoms in total. The third-order valence-corrected chi connectivity index (χ3v) is 3.88. The second kappa shape index (κ2) is 8.71. The predicted octanol–water partition coefficient (Wildman–Crippen LogP) is 4.31. The van der Waals surface area contributed by atoms with Crippen LogP contribution in [0.25, 0.3) is 0 Å². The average Bonchev–Trinajstić information content (AvgIpc) is 2.70. The molecule has 0 saturated heterocycles. The van der Waals surface area contributed by atoms with Gasteiger partial charge in [-0.1, -0.05) is 53.6 Å². The number of nitrogens with one attached hydrogen (secondary N) is 1. The Kier molecular flexibility index (Phi) is 6.64. The highest BCUT2D eigenvalue weighted by molar-refractivity contribution is 6.37. The van der Waals surface area contributed by atoms with Crippen molar-refractivity contribution in [3.63, 3.8) is 0 Å². The van der Waals surface area contributed by atoms with E-state index in [0.717, 1.165) is 5.56 Å². The van der Waals surface area contributed by atoms with Gasteiger partial charge in [0.15, 0.2) is 5.78 Å². The molecule has 0 bridgehead atoms. The van der Waals surface area contributed by atoms with Crippen LogP contribution >= 0.6 is 23.2 Å². The molecular weight excluding hydrogens is 349 g/mol. The van der Waals surface area contributed by atoms with Gasteiger partial charge in [-0.25, -0.2) is 0 Å². The van der Waals surface area contributed by atoms with E-state index in [0.29, 0.717) is 27.9 Å². The number of benzene rings is 1. The van der Waals surface area contributed by atoms with Crippen molar-refractivity contribution in [3.05, 3.63) is 63.8 Å². The number of carbonyl (C=O) groups excluding carboxylic acids is 2. The molecule has 24 heavy (non-hydrogen) atoms. The number of halogens is 2. The number of carbonyl (C=O) groups is 2. The summed E-state index contributed by atoms with van der Waals surface area (Å²) in [5.41, 5.74) is 2.00. The van der Waals surface area contributed by atoms with Crippen molar-refractivity contribution < 1.29 is 14.3 Å². The van der Waals surface area contributed by atoms with Crippen LogP contribution in [0.2, 0.25) is 0 Å². The molecule has 126 valence electrons. The molecule has 1 N–H and O–H groups in total. The number of ketones is 1. The van der Waals surface area contributed by atoms with Gasteiger partial charge in [-0.05, 0) is 31.1 Å². The van der Waals surface area contributed by atoms with Crippen molar-refractivity contribution in [2.75, 3.05) is 11.9 Å². The molecule has 0 aromatic heterocycles. The summed E-state index contributed by atoms with van der Waals surface area (Å²) in [5.74, 6) is -0.671. The number of anilines is 1. The fourth-order valence-corrected chi connectivity index (χ4v) is 2.61. The van der Waals surface area contributed by atoms with E-state index >= 15 is 0 Å². The number of hydrogen-bond acceptors (Lipinski definition) is 4. The van der Waals surface area contributed by atoms with Crippen LogP contribution in [0.15, 0.2) is 58.3 Å². The smallest absolute Gasteiger partial charge is 0.310 e. The second-order valence-electron chi connectivity index (χ2n) is 5.23. The minimum absolute atomic E-state index is 0.0402. The minimum atomic E-state index is -0.470. The topological polar surface area (TPSA) is 55.4 Å². The van der Waals surface area contributed by atoms with Gasteiger partial charge in [0, 0.05) is 5.69 Å². The Morgan fingerprint density at radius 3 is 2.75 bits per heavy atom. The molecule has 1 aromatic rings. The zero-order valence-corrected chi connectivity index (χ0v) is 14.7. The molecule has 0 spiro atoms. The average molecular weight is 366 g/mol. The van der Waals surface area contributed by atoms with E-state index in [-0.39, 0.29) is 18.8 Å². The molecule has 2 rings (SSSR count). The molecule has 1 aromatic carbocycles. The van der Waals surface area contributed by atoms with Gasteiger partial charge in [-0.3, -0.25) is 9.59 Å². The third-order valence-electron chi connectivity index (χ3n) is 3.22. The maximum Gasteiger partial charge on any atom is 0.310 e. The summed E-state index contributed by atoms with van der Waals surface area (Å²) in [5, 5.41) is 4.18. The SMILES string of the molecule is CC(=O)COC(=O)Cc1ccccc1NC1=C(Cl)C=CCC=C1Cl. The zero-order chi connectivity index (χ0) is 17.5. The molecule has 0 aliphatic heterocycles. The molecule has 0 fully saturated rings. The van der Waals surface area contributed by atoms with Gasteiger partial charge in [0.1, 0.15) is 6.61 Å². The van der Waals surface area contributed by atoms with Crippen LogP contribution in [0, 0.1) is 0 Å². The maximum absolute atomic E-state index is 11.9. The van der Waals surface area contributed by atoms with Crippen LogP contribution in [0.1, 0.15) is 18.9 Å². The molecule has 0 atom stereocenters. The molecule has 0 unspecified atom stereocenters. The van der Waals surface area contributed by atoms with Crippen molar-refractivity contribution in [1.82, 2.24) is 0 Å². The summed E-state index contributed by atoms with van der Waals surface area (Å²) in [6.45, 7) is 1.15. The number of para-hydroxylation sites is 1. The number of rotatable bonds is 6. The first-order valence-electron chi connectivity index (χ1n) is 7.39. The number of hydrogen-bond donors (Lipinski definition) is 1. The second-order valence-corrected chi connectivity index (χ2v) is 6.05. The molecule has 0 amide bonds. The number of allylic oxidation sites excluding steroid dienone is 5. The van der Waals surface area contributed by atoms with Gasteiger partial charge in [0.05, 0.1) is 22.2 Å². The van der Waals surface area contributed by atoms with E-state index in [1.807, 2.05) is 30.4 Å². The summed E-state index contributed by atoms with van der Waals surface area (Å²) in [6.07, 6.45) is 6.27. The predicted molar refractivity (Wildman–Crippen MR) is 96.0 cm³/mol. The number of esters is 1. The highest BCUT2D eigenvalue weighted by atomic mass is 35.5. The Morgan fingerprint density at radius 2 is 2.00 bits per heavy atom. The maximum atomic E-state index is 11.9. The van der Waals surface area contributed by atoms with Gasteiger partial charge in [-0.2, -0.15) is 0 Å². The fourth-order valence-electron chi connectivity index (χ4n) is 2.08. The van der Waals surface area contributed by atoms with E-state index in [2.05, 4.69) is 5.32 Å². The minimum Gasteiger partial charge on any atom is -0.457 e. The quantitative estimate of drug-likeness (QED) is 0.763. The summed E-state index contributed by atoms with van der Waals surface area (Å²) in [7, 11) is 0. The molecular formula is C18H17Cl2NO3. The fraction of sp³-hybridized carbons (Fsp3) is 0.222. The van der Waals surface area contributed by atoms with Crippen LogP contribution in [0.5, 0.6) is 0 Å². The Labute approximate surface area is 150 Å². The lowest BCUT2D eigenvalue weighted by atomic mass is 10.1. The van der Waals surface area contributed by atoms with Crippen molar-refractivity contribution >= 4 is 40.6 Å². The Bertz CT molecular complexity index is 736. The lowest BCUT2D eigenvalue weighted by molar-refractivity contribution is -0.146. The highest BCUT2D eigenvalue weighted by Gasteiger charge is 2.14. The first-order chi connectivity index (χ1) is 11.5. The Balaban J connectivity index is 2.18. The normalized spacial score (nSPS) is 14.0. The highest BCUT2D eigenvalue weighted by Crippen LogP contribution is 2.29. The van der Waals surface area contributed by atoms with Crippen LogP contribution < -0.4 is 5.32 Å². The Morgan fingerprint density at radius 1 is 1.25 bits per heavy atom. The van der Waals surface area contributed by atoms with Crippen molar-refractivity contribution in [2.45, 2.75) is 19.8 Å². The molecule has 0 heterocycles. The standard InChI is InChI=1S/C18H17Cl2NO3/c1-12(22)11-24-17(23)10-13-6-2-5-9-16(13)21-18-14(19)7-3-4-8-15(18)20/h2-3,5-9,21H,4,10-11H2,1H3. The lowest BCUT2D eigenvalue weighted by Crippen LogP contribution is -2.14. The van der Waals surface area contributed by atoms with Gasteiger partial charge in [0.25, 0.3) is 0 Å². The van der Waals surface area contributed by atoms with E-state index in [1.165, 1.54) is 6.92 Å².